The normalized spacial score (nSPS) is 12.8. The first-order valence-electron chi connectivity index (χ1n) is 5.67. The Hall–Kier alpha value is -0.850. The molecule has 1 aromatic rings. The summed E-state index contributed by atoms with van der Waals surface area (Å²) in [7, 11) is 0. The molecule has 0 fully saturated rings. The van der Waals surface area contributed by atoms with Crippen LogP contribution in [0.1, 0.15) is 42.4 Å². The minimum absolute atomic E-state index is 0.217. The van der Waals surface area contributed by atoms with Crippen LogP contribution in [-0.2, 0) is 6.42 Å². The van der Waals surface area contributed by atoms with Gasteiger partial charge in [0.05, 0.1) is 6.67 Å². The molecule has 0 amide bonds. The van der Waals surface area contributed by atoms with Gasteiger partial charge in [-0.2, -0.15) is 0 Å². The van der Waals surface area contributed by atoms with Crippen LogP contribution in [0.15, 0.2) is 18.2 Å². The van der Waals surface area contributed by atoms with Crippen molar-refractivity contribution in [2.24, 2.45) is 0 Å². The number of halogens is 1. The standard InChI is InChI=1S/C14H20F/c1-4-5-6-13-7-11(2)8-14(9-13)12(3)10-15/h7-9,12H,3-6,10H2,1-2H3. The zero-order chi connectivity index (χ0) is 11.3. The Bertz CT molecular complexity index is 304. The smallest absolute Gasteiger partial charge is 0.0962 e. The molecule has 0 saturated carbocycles. The van der Waals surface area contributed by atoms with Crippen LogP contribution in [0.25, 0.3) is 0 Å². The molecule has 0 nitrogen and oxygen atoms in total. The average Bonchev–Trinajstić information content (AvgIpc) is 2.24. The van der Waals surface area contributed by atoms with Crippen molar-refractivity contribution in [1.29, 1.82) is 0 Å². The van der Waals surface area contributed by atoms with E-state index in [4.69, 9.17) is 0 Å². The van der Waals surface area contributed by atoms with Crippen molar-refractivity contribution in [2.75, 3.05) is 6.67 Å². The van der Waals surface area contributed by atoms with E-state index >= 15 is 0 Å². The van der Waals surface area contributed by atoms with Gasteiger partial charge in [-0.1, -0.05) is 37.1 Å². The van der Waals surface area contributed by atoms with Gasteiger partial charge in [-0.25, -0.2) is 0 Å². The Kier molecular flexibility index (Phi) is 4.80. The van der Waals surface area contributed by atoms with Crippen molar-refractivity contribution in [1.82, 2.24) is 0 Å². The summed E-state index contributed by atoms with van der Waals surface area (Å²) in [4.78, 5) is 0. The van der Waals surface area contributed by atoms with Gasteiger partial charge in [0.2, 0.25) is 0 Å². The highest BCUT2D eigenvalue weighted by Gasteiger charge is 2.06. The molecule has 0 spiro atoms. The van der Waals surface area contributed by atoms with Crippen molar-refractivity contribution in [2.45, 2.75) is 39.0 Å². The number of unbranched alkanes of at least 4 members (excludes halogenated alkanes) is 1. The van der Waals surface area contributed by atoms with Crippen LogP contribution in [0.3, 0.4) is 0 Å². The Morgan fingerprint density at radius 3 is 2.67 bits per heavy atom. The summed E-state index contributed by atoms with van der Waals surface area (Å²) in [6.45, 7) is 7.68. The molecule has 0 aliphatic rings. The summed E-state index contributed by atoms with van der Waals surface area (Å²) in [5.74, 6) is -0.217. The van der Waals surface area contributed by atoms with E-state index in [1.165, 1.54) is 24.0 Å². The number of aryl methyl sites for hydroxylation is 2. The van der Waals surface area contributed by atoms with Crippen LogP contribution >= 0.6 is 0 Å². The van der Waals surface area contributed by atoms with Gasteiger partial charge in [0, 0.05) is 5.92 Å². The second-order valence-corrected chi connectivity index (χ2v) is 4.21. The van der Waals surface area contributed by atoms with Crippen molar-refractivity contribution >= 4 is 0 Å². The molecule has 1 atom stereocenters. The molecular weight excluding hydrogens is 187 g/mol. The second-order valence-electron chi connectivity index (χ2n) is 4.21. The Morgan fingerprint density at radius 2 is 2.07 bits per heavy atom. The summed E-state index contributed by atoms with van der Waals surface area (Å²) in [6.07, 6.45) is 3.48. The van der Waals surface area contributed by atoms with Gasteiger partial charge in [0.1, 0.15) is 0 Å². The molecule has 1 rings (SSSR count). The van der Waals surface area contributed by atoms with E-state index in [-0.39, 0.29) is 12.6 Å². The van der Waals surface area contributed by atoms with Gasteiger partial charge >= 0.3 is 0 Å². The number of hydrogen-bond acceptors (Lipinski definition) is 0. The lowest BCUT2D eigenvalue weighted by Gasteiger charge is -2.11. The average molecular weight is 207 g/mol. The summed E-state index contributed by atoms with van der Waals surface area (Å²) in [5.41, 5.74) is 3.55. The molecule has 0 bridgehead atoms. The lowest BCUT2D eigenvalue weighted by atomic mass is 9.96. The van der Waals surface area contributed by atoms with Gasteiger partial charge in [-0.05, 0) is 37.8 Å². The third kappa shape index (κ3) is 3.65. The van der Waals surface area contributed by atoms with E-state index in [0.29, 0.717) is 0 Å². The monoisotopic (exact) mass is 207 g/mol. The van der Waals surface area contributed by atoms with Crippen LogP contribution in [0.5, 0.6) is 0 Å². The maximum absolute atomic E-state index is 12.5. The number of hydrogen-bond donors (Lipinski definition) is 0. The first kappa shape index (κ1) is 12.2. The summed E-state index contributed by atoms with van der Waals surface area (Å²) in [5, 5.41) is 0. The first-order valence-corrected chi connectivity index (χ1v) is 5.67. The molecule has 0 aliphatic carbocycles. The predicted molar refractivity (Wildman–Crippen MR) is 63.9 cm³/mol. The molecule has 1 aromatic carbocycles. The Morgan fingerprint density at radius 1 is 1.33 bits per heavy atom. The molecular formula is C14H20F. The van der Waals surface area contributed by atoms with E-state index in [1.54, 1.807) is 0 Å². The van der Waals surface area contributed by atoms with Crippen molar-refractivity contribution < 1.29 is 4.39 Å². The maximum atomic E-state index is 12.5. The predicted octanol–water partition coefficient (Wildman–Crippen LogP) is 4.22. The van der Waals surface area contributed by atoms with Gasteiger partial charge in [-0.3, -0.25) is 4.39 Å². The molecule has 0 saturated heterocycles. The van der Waals surface area contributed by atoms with Crippen LogP contribution in [-0.4, -0.2) is 6.67 Å². The Labute approximate surface area is 92.5 Å². The lowest BCUT2D eigenvalue weighted by molar-refractivity contribution is 0.465. The molecule has 83 valence electrons. The molecule has 0 aliphatic heterocycles. The third-order valence-electron chi connectivity index (χ3n) is 2.64. The topological polar surface area (TPSA) is 0 Å². The molecule has 15 heavy (non-hydrogen) atoms. The third-order valence-corrected chi connectivity index (χ3v) is 2.64. The first-order chi connectivity index (χ1) is 7.17. The van der Waals surface area contributed by atoms with Gasteiger partial charge in [0.15, 0.2) is 0 Å². The highest BCUT2D eigenvalue weighted by molar-refractivity contribution is 5.32. The van der Waals surface area contributed by atoms with Crippen LogP contribution < -0.4 is 0 Å². The van der Waals surface area contributed by atoms with E-state index in [1.807, 2.05) is 6.07 Å². The zero-order valence-electron chi connectivity index (χ0n) is 9.72. The molecule has 1 radical (unpaired) electrons. The van der Waals surface area contributed by atoms with E-state index in [9.17, 15) is 4.39 Å². The summed E-state index contributed by atoms with van der Waals surface area (Å²) >= 11 is 0. The highest BCUT2D eigenvalue weighted by Crippen LogP contribution is 2.20. The van der Waals surface area contributed by atoms with Crippen LogP contribution in [0.2, 0.25) is 0 Å². The maximum Gasteiger partial charge on any atom is 0.0962 e. The fourth-order valence-corrected chi connectivity index (χ4v) is 1.74. The summed E-state index contributed by atoms with van der Waals surface area (Å²) in [6, 6.07) is 6.32. The van der Waals surface area contributed by atoms with E-state index in [2.05, 4.69) is 32.9 Å². The van der Waals surface area contributed by atoms with Crippen molar-refractivity contribution in [3.63, 3.8) is 0 Å². The number of rotatable bonds is 5. The van der Waals surface area contributed by atoms with E-state index < -0.39 is 0 Å². The van der Waals surface area contributed by atoms with Gasteiger partial charge < -0.3 is 0 Å². The van der Waals surface area contributed by atoms with Crippen molar-refractivity contribution in [3.8, 4) is 0 Å². The Balaban J connectivity index is 2.84. The van der Waals surface area contributed by atoms with Gasteiger partial charge in [0.25, 0.3) is 0 Å². The fourth-order valence-electron chi connectivity index (χ4n) is 1.74. The van der Waals surface area contributed by atoms with Gasteiger partial charge in [-0.15, -0.1) is 0 Å². The number of alkyl halides is 1. The summed E-state index contributed by atoms with van der Waals surface area (Å²) < 4.78 is 12.5. The quantitative estimate of drug-likeness (QED) is 0.678. The second kappa shape index (κ2) is 5.89. The lowest BCUT2D eigenvalue weighted by Crippen LogP contribution is -1.98. The molecule has 0 aromatic heterocycles. The molecule has 1 unspecified atom stereocenters. The van der Waals surface area contributed by atoms with E-state index in [0.717, 1.165) is 12.0 Å². The molecule has 0 N–H and O–H groups in total. The minimum Gasteiger partial charge on any atom is -0.250 e. The van der Waals surface area contributed by atoms with Crippen LogP contribution in [0, 0.1) is 13.8 Å². The zero-order valence-corrected chi connectivity index (χ0v) is 9.72. The van der Waals surface area contributed by atoms with Crippen LogP contribution in [0.4, 0.5) is 4.39 Å². The molecule has 1 heteroatoms. The minimum atomic E-state index is -0.378. The fraction of sp³-hybridized carbons (Fsp3) is 0.500. The SMILES string of the molecule is [CH2]C(CF)c1cc(C)cc(CCCC)c1. The van der Waals surface area contributed by atoms with Crippen molar-refractivity contribution in [3.05, 3.63) is 41.8 Å². The highest BCUT2D eigenvalue weighted by atomic mass is 19.1. The largest absolute Gasteiger partial charge is 0.250 e. The molecule has 0 heterocycles. The number of benzene rings is 1.